The fourth-order valence-corrected chi connectivity index (χ4v) is 5.94. The van der Waals surface area contributed by atoms with Gasteiger partial charge in [-0.05, 0) is 100 Å². The highest BCUT2D eigenvalue weighted by molar-refractivity contribution is 5.86. The fourth-order valence-electron chi connectivity index (χ4n) is 5.94. The molecule has 0 N–H and O–H groups in total. The lowest BCUT2D eigenvalue weighted by atomic mass is 10.0. The van der Waals surface area contributed by atoms with Crippen LogP contribution < -0.4 is 9.64 Å². The maximum absolute atomic E-state index is 5.71. The van der Waals surface area contributed by atoms with Crippen molar-refractivity contribution in [3.63, 3.8) is 0 Å². The number of ether oxygens (including phenoxy) is 1. The Morgan fingerprint density at radius 3 is 1.56 bits per heavy atom. The normalized spacial score (nSPS) is 12.5. The number of nitrogens with zero attached hydrogens (tertiary/aromatic N) is 1. The Bertz CT molecular complexity index is 1550. The van der Waals surface area contributed by atoms with Gasteiger partial charge in [-0.2, -0.15) is 0 Å². The Balaban J connectivity index is 1.37. The summed E-state index contributed by atoms with van der Waals surface area (Å²) in [6.45, 7) is 2.09. The summed E-state index contributed by atoms with van der Waals surface area (Å²) in [5.41, 5.74) is 15.6. The first kappa shape index (κ1) is 21.0. The molecule has 2 nitrogen and oxygen atoms in total. The van der Waals surface area contributed by atoms with Crippen LogP contribution in [0.5, 0.6) is 5.75 Å². The molecule has 7 rings (SSSR count). The molecule has 0 bridgehead atoms. The van der Waals surface area contributed by atoms with Gasteiger partial charge in [0.05, 0.1) is 7.11 Å². The van der Waals surface area contributed by atoms with Crippen LogP contribution in [0.25, 0.3) is 22.3 Å². The zero-order valence-corrected chi connectivity index (χ0v) is 20.6. The van der Waals surface area contributed by atoms with Gasteiger partial charge in [0.25, 0.3) is 0 Å². The molecular weight excluding hydrogens is 438 g/mol. The van der Waals surface area contributed by atoms with Gasteiger partial charge in [0.15, 0.2) is 0 Å². The molecule has 2 heteroatoms. The van der Waals surface area contributed by atoms with Gasteiger partial charge in [0, 0.05) is 23.1 Å². The molecule has 0 fully saturated rings. The molecule has 0 spiro atoms. The molecule has 0 saturated heterocycles. The van der Waals surface area contributed by atoms with Crippen molar-refractivity contribution in [2.75, 3.05) is 12.0 Å². The lowest BCUT2D eigenvalue weighted by molar-refractivity contribution is 0.412. The van der Waals surface area contributed by atoms with E-state index in [1.165, 1.54) is 55.9 Å². The van der Waals surface area contributed by atoms with Crippen LogP contribution in [0.15, 0.2) is 103 Å². The number of anilines is 3. The quantitative estimate of drug-likeness (QED) is 0.258. The number of hydrogen-bond acceptors (Lipinski definition) is 2. The Morgan fingerprint density at radius 2 is 1.00 bits per heavy atom. The molecule has 0 heterocycles. The van der Waals surface area contributed by atoms with Crippen molar-refractivity contribution in [1.29, 1.82) is 0 Å². The third-order valence-corrected chi connectivity index (χ3v) is 7.72. The minimum absolute atomic E-state index is 0.902. The van der Waals surface area contributed by atoms with Gasteiger partial charge in [-0.3, -0.25) is 0 Å². The highest BCUT2D eigenvalue weighted by Crippen LogP contribution is 2.45. The predicted octanol–water partition coefficient (Wildman–Crippen LogP) is 8.62. The number of methoxy groups -OCH3 is 1. The molecule has 0 amide bonds. The summed E-state index contributed by atoms with van der Waals surface area (Å²) in [5, 5.41) is 0. The molecule has 174 valence electrons. The van der Waals surface area contributed by atoms with Gasteiger partial charge in [0.2, 0.25) is 0 Å². The van der Waals surface area contributed by atoms with Crippen molar-refractivity contribution < 1.29 is 4.74 Å². The smallest absolute Gasteiger partial charge is 0.123 e. The standard InChI is InChI=1S/C34H27NO/c1-22-11-12-29(21-34(22)36-2)35(27-13-15-32-25(19-27)17-23-7-3-5-9-30(23)32)28-14-16-33-26(20-28)18-24-8-4-6-10-31(24)33/h3-16,19-21H,17-18H2,1-2H3. The summed E-state index contributed by atoms with van der Waals surface area (Å²) < 4.78 is 5.71. The largest absolute Gasteiger partial charge is 0.496 e. The van der Waals surface area contributed by atoms with Crippen LogP contribution in [0.1, 0.15) is 27.8 Å². The average Bonchev–Trinajstić information content (AvgIpc) is 3.47. The molecule has 0 unspecified atom stereocenters. The second-order valence-corrected chi connectivity index (χ2v) is 9.84. The van der Waals surface area contributed by atoms with Crippen LogP contribution in [-0.2, 0) is 12.8 Å². The molecule has 36 heavy (non-hydrogen) atoms. The van der Waals surface area contributed by atoms with Crippen LogP contribution in [-0.4, -0.2) is 7.11 Å². The van der Waals surface area contributed by atoms with E-state index in [0.717, 1.165) is 29.8 Å². The van der Waals surface area contributed by atoms with E-state index < -0.39 is 0 Å². The third-order valence-electron chi connectivity index (χ3n) is 7.72. The third kappa shape index (κ3) is 3.25. The van der Waals surface area contributed by atoms with E-state index in [2.05, 4.69) is 115 Å². The lowest BCUT2D eigenvalue weighted by Gasteiger charge is -2.27. The van der Waals surface area contributed by atoms with E-state index in [1.807, 2.05) is 0 Å². The van der Waals surface area contributed by atoms with Crippen LogP contribution >= 0.6 is 0 Å². The van der Waals surface area contributed by atoms with Crippen LogP contribution in [0, 0.1) is 6.92 Å². The number of benzene rings is 5. The van der Waals surface area contributed by atoms with Crippen molar-refractivity contribution in [2.24, 2.45) is 0 Å². The molecule has 5 aromatic rings. The van der Waals surface area contributed by atoms with Crippen molar-refractivity contribution in [2.45, 2.75) is 19.8 Å². The summed E-state index contributed by atoms with van der Waals surface area (Å²) in [4.78, 5) is 2.37. The molecule has 0 aromatic heterocycles. The molecule has 2 aliphatic rings. The first-order chi connectivity index (χ1) is 17.7. The Labute approximate surface area is 212 Å². The predicted molar refractivity (Wildman–Crippen MR) is 149 cm³/mol. The Morgan fingerprint density at radius 1 is 0.528 bits per heavy atom. The van der Waals surface area contributed by atoms with Gasteiger partial charge in [-0.25, -0.2) is 0 Å². The zero-order chi connectivity index (χ0) is 24.2. The van der Waals surface area contributed by atoms with E-state index in [0.29, 0.717) is 0 Å². The minimum Gasteiger partial charge on any atom is -0.496 e. The SMILES string of the molecule is COc1cc(N(c2ccc3c(c2)Cc2ccccc2-3)c2ccc3c(c2)Cc2ccccc2-3)ccc1C. The lowest BCUT2D eigenvalue weighted by Crippen LogP contribution is -2.11. The summed E-state index contributed by atoms with van der Waals surface area (Å²) in [5.74, 6) is 0.902. The molecule has 0 atom stereocenters. The van der Waals surface area contributed by atoms with E-state index in [4.69, 9.17) is 4.74 Å². The minimum atomic E-state index is 0.902. The molecule has 0 aliphatic heterocycles. The first-order valence-corrected chi connectivity index (χ1v) is 12.6. The number of hydrogen-bond donors (Lipinski definition) is 0. The Hall–Kier alpha value is -4.30. The van der Waals surface area contributed by atoms with E-state index in [-0.39, 0.29) is 0 Å². The topological polar surface area (TPSA) is 12.5 Å². The first-order valence-electron chi connectivity index (χ1n) is 12.6. The van der Waals surface area contributed by atoms with Crippen molar-refractivity contribution in [1.82, 2.24) is 0 Å². The molecule has 2 aliphatic carbocycles. The zero-order valence-electron chi connectivity index (χ0n) is 20.6. The highest BCUT2D eigenvalue weighted by Gasteiger charge is 2.23. The molecule has 0 saturated carbocycles. The maximum atomic E-state index is 5.71. The fraction of sp³-hybridized carbons (Fsp3) is 0.118. The summed E-state index contributed by atoms with van der Waals surface area (Å²) in [6, 6.07) is 37.8. The number of rotatable bonds is 4. The molecular formula is C34H27NO. The monoisotopic (exact) mass is 465 g/mol. The Kier molecular flexibility index (Phi) is 4.75. The molecule has 5 aromatic carbocycles. The summed E-state index contributed by atoms with van der Waals surface area (Å²) >= 11 is 0. The second-order valence-electron chi connectivity index (χ2n) is 9.84. The van der Waals surface area contributed by atoms with E-state index >= 15 is 0 Å². The van der Waals surface area contributed by atoms with E-state index in [1.54, 1.807) is 7.11 Å². The van der Waals surface area contributed by atoms with Gasteiger partial charge >= 0.3 is 0 Å². The highest BCUT2D eigenvalue weighted by atomic mass is 16.5. The van der Waals surface area contributed by atoms with Crippen LogP contribution in [0.2, 0.25) is 0 Å². The van der Waals surface area contributed by atoms with Gasteiger partial charge in [-0.15, -0.1) is 0 Å². The van der Waals surface area contributed by atoms with Crippen molar-refractivity contribution >= 4 is 17.1 Å². The van der Waals surface area contributed by atoms with Crippen LogP contribution in [0.4, 0.5) is 17.1 Å². The maximum Gasteiger partial charge on any atom is 0.123 e. The average molecular weight is 466 g/mol. The number of aryl methyl sites for hydroxylation is 1. The number of fused-ring (bicyclic) bond motifs is 6. The van der Waals surface area contributed by atoms with E-state index in [9.17, 15) is 0 Å². The second kappa shape index (κ2) is 8.13. The van der Waals surface area contributed by atoms with Gasteiger partial charge in [0.1, 0.15) is 5.75 Å². The summed E-state index contributed by atoms with van der Waals surface area (Å²) in [6.07, 6.45) is 1.95. The van der Waals surface area contributed by atoms with Gasteiger partial charge < -0.3 is 9.64 Å². The van der Waals surface area contributed by atoms with Crippen LogP contribution in [0.3, 0.4) is 0 Å². The van der Waals surface area contributed by atoms with Crippen molar-refractivity contribution in [3.8, 4) is 28.0 Å². The van der Waals surface area contributed by atoms with Crippen molar-refractivity contribution in [3.05, 3.63) is 131 Å². The molecule has 0 radical (unpaired) electrons. The summed E-state index contributed by atoms with van der Waals surface area (Å²) in [7, 11) is 1.75. The van der Waals surface area contributed by atoms with Gasteiger partial charge in [-0.1, -0.05) is 66.7 Å².